The summed E-state index contributed by atoms with van der Waals surface area (Å²) < 4.78 is 1.65. The summed E-state index contributed by atoms with van der Waals surface area (Å²) in [6.45, 7) is 0.581. The number of benzene rings is 1. The van der Waals surface area contributed by atoms with Crippen molar-refractivity contribution < 1.29 is 5.11 Å². The van der Waals surface area contributed by atoms with Crippen molar-refractivity contribution in [1.82, 2.24) is 9.78 Å². The number of nitrogens with two attached hydrogens (primary N) is 1. The summed E-state index contributed by atoms with van der Waals surface area (Å²) in [5, 5.41) is 13.9. The van der Waals surface area contributed by atoms with Crippen LogP contribution in [0.5, 0.6) is 5.75 Å². The van der Waals surface area contributed by atoms with Gasteiger partial charge in [0, 0.05) is 12.6 Å². The average Bonchev–Trinajstić information content (AvgIpc) is 2.68. The van der Waals surface area contributed by atoms with E-state index in [-0.39, 0.29) is 5.75 Å². The fraction of sp³-hybridized carbons (Fsp3) is 0.182. The standard InChI is InChI=1S/C11H13N3O/c12-7-5-9-6-8-14(13-9)10-3-1-2-4-11(10)15/h1-4,6,8,15H,5,7,12H2. The van der Waals surface area contributed by atoms with Crippen molar-refractivity contribution in [1.29, 1.82) is 0 Å². The van der Waals surface area contributed by atoms with Crippen LogP contribution in [0.4, 0.5) is 0 Å². The van der Waals surface area contributed by atoms with Gasteiger partial charge in [-0.15, -0.1) is 0 Å². The van der Waals surface area contributed by atoms with Crippen LogP contribution in [0.15, 0.2) is 36.5 Å². The Labute approximate surface area is 88.0 Å². The Balaban J connectivity index is 2.33. The summed E-state index contributed by atoms with van der Waals surface area (Å²) in [6.07, 6.45) is 2.57. The minimum Gasteiger partial charge on any atom is -0.506 e. The number of phenolic OH excluding ortho intramolecular Hbond substituents is 1. The molecule has 4 heteroatoms. The third-order valence-corrected chi connectivity index (χ3v) is 2.17. The Bertz CT molecular complexity index is 451. The van der Waals surface area contributed by atoms with E-state index in [0.717, 1.165) is 12.1 Å². The van der Waals surface area contributed by atoms with Crippen LogP contribution in [-0.2, 0) is 6.42 Å². The van der Waals surface area contributed by atoms with Gasteiger partial charge in [0.2, 0.25) is 0 Å². The maximum absolute atomic E-state index is 9.62. The summed E-state index contributed by atoms with van der Waals surface area (Å²) in [6, 6.07) is 9.00. The van der Waals surface area contributed by atoms with Crippen molar-refractivity contribution >= 4 is 0 Å². The summed E-state index contributed by atoms with van der Waals surface area (Å²) in [5.41, 5.74) is 7.05. The van der Waals surface area contributed by atoms with E-state index in [1.54, 1.807) is 16.8 Å². The van der Waals surface area contributed by atoms with E-state index in [1.165, 1.54) is 0 Å². The fourth-order valence-corrected chi connectivity index (χ4v) is 1.43. The molecule has 0 spiro atoms. The van der Waals surface area contributed by atoms with Gasteiger partial charge in [0.05, 0.1) is 5.69 Å². The third kappa shape index (κ3) is 1.99. The molecule has 2 aromatic rings. The van der Waals surface area contributed by atoms with Crippen molar-refractivity contribution in [2.45, 2.75) is 6.42 Å². The lowest BCUT2D eigenvalue weighted by Crippen LogP contribution is -2.04. The molecule has 0 atom stereocenters. The lowest BCUT2D eigenvalue weighted by Gasteiger charge is -2.03. The monoisotopic (exact) mass is 203 g/mol. The lowest BCUT2D eigenvalue weighted by molar-refractivity contribution is 0.470. The van der Waals surface area contributed by atoms with E-state index < -0.39 is 0 Å². The van der Waals surface area contributed by atoms with Gasteiger partial charge in [0.25, 0.3) is 0 Å². The Hall–Kier alpha value is -1.81. The molecule has 78 valence electrons. The summed E-state index contributed by atoms with van der Waals surface area (Å²) in [5.74, 6) is 0.222. The molecular formula is C11H13N3O. The second kappa shape index (κ2) is 4.14. The normalized spacial score (nSPS) is 10.5. The fourth-order valence-electron chi connectivity index (χ4n) is 1.43. The largest absolute Gasteiger partial charge is 0.506 e. The van der Waals surface area contributed by atoms with Crippen LogP contribution in [0.25, 0.3) is 5.69 Å². The number of aromatic nitrogens is 2. The van der Waals surface area contributed by atoms with Gasteiger partial charge in [-0.05, 0) is 24.7 Å². The van der Waals surface area contributed by atoms with Gasteiger partial charge in [-0.3, -0.25) is 0 Å². The highest BCUT2D eigenvalue weighted by Crippen LogP contribution is 2.19. The molecule has 2 rings (SSSR count). The van der Waals surface area contributed by atoms with Crippen LogP contribution in [0.3, 0.4) is 0 Å². The number of phenols is 1. The Morgan fingerprint density at radius 2 is 2.07 bits per heavy atom. The Kier molecular flexibility index (Phi) is 2.69. The molecule has 0 aliphatic heterocycles. The molecular weight excluding hydrogens is 190 g/mol. The molecule has 15 heavy (non-hydrogen) atoms. The molecule has 1 heterocycles. The number of aromatic hydroxyl groups is 1. The smallest absolute Gasteiger partial charge is 0.141 e. The molecule has 0 aliphatic rings. The second-order valence-electron chi connectivity index (χ2n) is 3.28. The third-order valence-electron chi connectivity index (χ3n) is 2.17. The minimum absolute atomic E-state index is 0.222. The lowest BCUT2D eigenvalue weighted by atomic mass is 10.3. The average molecular weight is 203 g/mol. The second-order valence-corrected chi connectivity index (χ2v) is 3.28. The van der Waals surface area contributed by atoms with Crippen molar-refractivity contribution in [3.05, 3.63) is 42.2 Å². The number of para-hydroxylation sites is 2. The van der Waals surface area contributed by atoms with Crippen LogP contribution in [-0.4, -0.2) is 21.4 Å². The molecule has 1 aromatic carbocycles. The SMILES string of the molecule is NCCc1ccn(-c2ccccc2O)n1. The van der Waals surface area contributed by atoms with Gasteiger partial charge in [-0.25, -0.2) is 4.68 Å². The first-order valence-electron chi connectivity index (χ1n) is 4.84. The zero-order valence-electron chi connectivity index (χ0n) is 8.30. The predicted molar refractivity (Wildman–Crippen MR) is 58.0 cm³/mol. The number of nitrogens with zero attached hydrogens (tertiary/aromatic N) is 2. The van der Waals surface area contributed by atoms with Gasteiger partial charge in [-0.1, -0.05) is 12.1 Å². The zero-order valence-corrected chi connectivity index (χ0v) is 8.30. The summed E-state index contributed by atoms with van der Waals surface area (Å²) in [7, 11) is 0. The first-order chi connectivity index (χ1) is 7.31. The van der Waals surface area contributed by atoms with Crippen LogP contribution in [0, 0.1) is 0 Å². The quantitative estimate of drug-likeness (QED) is 0.784. The highest BCUT2D eigenvalue weighted by atomic mass is 16.3. The molecule has 0 bridgehead atoms. The van der Waals surface area contributed by atoms with Gasteiger partial charge in [0.15, 0.2) is 0 Å². The Morgan fingerprint density at radius 3 is 2.80 bits per heavy atom. The van der Waals surface area contributed by atoms with E-state index in [0.29, 0.717) is 12.2 Å². The molecule has 0 saturated carbocycles. The summed E-state index contributed by atoms with van der Waals surface area (Å²) in [4.78, 5) is 0. The summed E-state index contributed by atoms with van der Waals surface area (Å²) >= 11 is 0. The Morgan fingerprint density at radius 1 is 1.27 bits per heavy atom. The van der Waals surface area contributed by atoms with E-state index in [4.69, 9.17) is 5.73 Å². The van der Waals surface area contributed by atoms with E-state index in [1.807, 2.05) is 24.4 Å². The number of hydrogen-bond donors (Lipinski definition) is 2. The molecule has 0 saturated heterocycles. The minimum atomic E-state index is 0.222. The van der Waals surface area contributed by atoms with Gasteiger partial charge in [0.1, 0.15) is 11.4 Å². The van der Waals surface area contributed by atoms with E-state index in [9.17, 15) is 5.11 Å². The first-order valence-corrected chi connectivity index (χ1v) is 4.84. The number of rotatable bonds is 3. The predicted octanol–water partition coefficient (Wildman–Crippen LogP) is 1.08. The van der Waals surface area contributed by atoms with Crippen LogP contribution >= 0.6 is 0 Å². The zero-order chi connectivity index (χ0) is 10.7. The maximum Gasteiger partial charge on any atom is 0.141 e. The van der Waals surface area contributed by atoms with Crippen molar-refractivity contribution in [3.63, 3.8) is 0 Å². The molecule has 4 nitrogen and oxygen atoms in total. The topological polar surface area (TPSA) is 64.1 Å². The highest BCUT2D eigenvalue weighted by molar-refractivity contribution is 5.44. The molecule has 0 unspecified atom stereocenters. The molecule has 1 aromatic heterocycles. The number of hydrogen-bond acceptors (Lipinski definition) is 3. The molecule has 0 radical (unpaired) electrons. The van der Waals surface area contributed by atoms with E-state index in [2.05, 4.69) is 5.10 Å². The van der Waals surface area contributed by atoms with Crippen molar-refractivity contribution in [2.24, 2.45) is 5.73 Å². The molecule has 0 aliphatic carbocycles. The van der Waals surface area contributed by atoms with Gasteiger partial charge in [-0.2, -0.15) is 5.10 Å². The van der Waals surface area contributed by atoms with E-state index >= 15 is 0 Å². The molecule has 0 amide bonds. The maximum atomic E-state index is 9.62. The van der Waals surface area contributed by atoms with Crippen LogP contribution < -0.4 is 5.73 Å². The molecule has 3 N–H and O–H groups in total. The van der Waals surface area contributed by atoms with Crippen LogP contribution in [0.1, 0.15) is 5.69 Å². The van der Waals surface area contributed by atoms with Crippen molar-refractivity contribution in [3.8, 4) is 11.4 Å². The highest BCUT2D eigenvalue weighted by Gasteiger charge is 2.04. The van der Waals surface area contributed by atoms with Crippen molar-refractivity contribution in [2.75, 3.05) is 6.54 Å². The van der Waals surface area contributed by atoms with Gasteiger partial charge < -0.3 is 10.8 Å². The van der Waals surface area contributed by atoms with Crippen LogP contribution in [0.2, 0.25) is 0 Å². The molecule has 0 fully saturated rings. The van der Waals surface area contributed by atoms with Gasteiger partial charge >= 0.3 is 0 Å². The first kappa shape index (κ1) is 9.73.